The summed E-state index contributed by atoms with van der Waals surface area (Å²) in [6.07, 6.45) is 7.53. The van der Waals surface area contributed by atoms with Gasteiger partial charge in [0.25, 0.3) is 0 Å². The molecule has 0 N–H and O–H groups in total. The molecule has 7 nitrogen and oxygen atoms in total. The van der Waals surface area contributed by atoms with Gasteiger partial charge in [0.05, 0.1) is 5.69 Å². The summed E-state index contributed by atoms with van der Waals surface area (Å²) >= 11 is 0. The van der Waals surface area contributed by atoms with Crippen molar-refractivity contribution >= 4 is 17.4 Å². The zero-order chi connectivity index (χ0) is 28.0. The molecule has 1 aromatic heterocycles. The van der Waals surface area contributed by atoms with Crippen LogP contribution in [-0.2, 0) is 4.79 Å². The number of benzene rings is 2. The molecule has 1 saturated heterocycles. The van der Waals surface area contributed by atoms with Gasteiger partial charge >= 0.3 is 0 Å². The molecule has 2 aromatic carbocycles. The third-order valence-corrected chi connectivity index (χ3v) is 9.60. The Balaban J connectivity index is 1.45. The maximum Gasteiger partial charge on any atom is 0.230 e. The van der Waals surface area contributed by atoms with E-state index in [2.05, 4.69) is 50.1 Å². The quantitative estimate of drug-likeness (QED) is 0.370. The van der Waals surface area contributed by atoms with Crippen LogP contribution in [-0.4, -0.2) is 58.5 Å². The van der Waals surface area contributed by atoms with Crippen molar-refractivity contribution in [2.24, 2.45) is 17.8 Å². The second-order valence-electron chi connectivity index (χ2n) is 12.3. The van der Waals surface area contributed by atoms with Crippen molar-refractivity contribution in [1.82, 2.24) is 19.7 Å². The molecular formula is C33H41N5O2. The average molecular weight is 540 g/mol. The summed E-state index contributed by atoms with van der Waals surface area (Å²) < 4.78 is 1.84. The number of carbonyl (C=O) groups excluding carboxylic acids is 2. The lowest BCUT2D eigenvalue weighted by atomic mass is 9.73. The number of Topliss-reactive ketones (excluding diaryl/α,β-unsaturated/α-hetero) is 1. The molecule has 7 heteroatoms. The van der Waals surface area contributed by atoms with Crippen LogP contribution in [0.5, 0.6) is 0 Å². The van der Waals surface area contributed by atoms with Crippen molar-refractivity contribution in [3.05, 3.63) is 59.4 Å². The van der Waals surface area contributed by atoms with E-state index in [4.69, 9.17) is 10.1 Å². The van der Waals surface area contributed by atoms with Crippen molar-refractivity contribution < 1.29 is 9.59 Å². The molecule has 0 radical (unpaired) electrons. The lowest BCUT2D eigenvalue weighted by Crippen LogP contribution is -2.41. The van der Waals surface area contributed by atoms with E-state index in [-0.39, 0.29) is 29.4 Å². The van der Waals surface area contributed by atoms with E-state index in [1.807, 2.05) is 34.8 Å². The molecule has 3 heterocycles. The Morgan fingerprint density at radius 2 is 1.68 bits per heavy atom. The van der Waals surface area contributed by atoms with Crippen molar-refractivity contribution in [3.63, 3.8) is 0 Å². The zero-order valence-corrected chi connectivity index (χ0v) is 24.3. The number of rotatable bonds is 5. The smallest absolute Gasteiger partial charge is 0.230 e. The standard InChI is InChI=1S/C33H41N5O2/c1-21-11-14-26(15-12-21)38-32(34-31(35-38)30(39)24-10-7-18-36(3)19-17-24)25-13-16-28-27(20-25)29(23-8-5-6-9-23)22(2)33(40)37(28)4/h11-16,20,22-24,29H,5-10,17-19H2,1-4H3/t22-,24?,29?/m0/s1. The Kier molecular flexibility index (Phi) is 7.34. The summed E-state index contributed by atoms with van der Waals surface area (Å²) in [6.45, 7) is 6.09. The van der Waals surface area contributed by atoms with Crippen LogP contribution in [0.1, 0.15) is 79.5 Å². The third kappa shape index (κ3) is 4.89. The monoisotopic (exact) mass is 539 g/mol. The van der Waals surface area contributed by atoms with Gasteiger partial charge in [0.2, 0.25) is 17.5 Å². The van der Waals surface area contributed by atoms with Gasteiger partial charge < -0.3 is 9.80 Å². The molecule has 3 aliphatic rings. The highest BCUT2D eigenvalue weighted by atomic mass is 16.2. The van der Waals surface area contributed by atoms with Gasteiger partial charge in [-0.1, -0.05) is 37.5 Å². The molecule has 40 heavy (non-hydrogen) atoms. The third-order valence-electron chi connectivity index (χ3n) is 9.60. The summed E-state index contributed by atoms with van der Waals surface area (Å²) in [6, 6.07) is 14.5. The van der Waals surface area contributed by atoms with Crippen LogP contribution in [0.15, 0.2) is 42.5 Å². The second-order valence-corrected chi connectivity index (χ2v) is 12.3. The topological polar surface area (TPSA) is 71.3 Å². The van der Waals surface area contributed by atoms with Crippen molar-refractivity contribution in [1.29, 1.82) is 0 Å². The van der Waals surface area contributed by atoms with Crippen molar-refractivity contribution in [3.8, 4) is 17.1 Å². The van der Waals surface area contributed by atoms with E-state index in [0.29, 0.717) is 17.6 Å². The first kappa shape index (κ1) is 26.9. The summed E-state index contributed by atoms with van der Waals surface area (Å²) in [5, 5.41) is 4.84. The summed E-state index contributed by atoms with van der Waals surface area (Å²) in [4.78, 5) is 36.0. The summed E-state index contributed by atoms with van der Waals surface area (Å²) in [7, 11) is 4.01. The molecule has 1 saturated carbocycles. The predicted octanol–water partition coefficient (Wildman–Crippen LogP) is 6.04. The van der Waals surface area contributed by atoms with E-state index in [1.54, 1.807) is 0 Å². The molecule has 1 amide bonds. The molecule has 0 spiro atoms. The van der Waals surface area contributed by atoms with Crippen LogP contribution in [0.2, 0.25) is 0 Å². The number of hydrogen-bond acceptors (Lipinski definition) is 5. The molecule has 0 bridgehead atoms. The van der Waals surface area contributed by atoms with Gasteiger partial charge in [-0.3, -0.25) is 9.59 Å². The first-order valence-corrected chi connectivity index (χ1v) is 15.0. The van der Waals surface area contributed by atoms with Crippen LogP contribution in [0, 0.1) is 24.7 Å². The molecule has 2 fully saturated rings. The van der Waals surface area contributed by atoms with E-state index < -0.39 is 0 Å². The van der Waals surface area contributed by atoms with Gasteiger partial charge in [0.1, 0.15) is 0 Å². The molecule has 2 unspecified atom stereocenters. The van der Waals surface area contributed by atoms with Crippen LogP contribution < -0.4 is 4.90 Å². The van der Waals surface area contributed by atoms with Crippen LogP contribution in [0.3, 0.4) is 0 Å². The molecule has 3 atom stereocenters. The zero-order valence-electron chi connectivity index (χ0n) is 24.3. The number of fused-ring (bicyclic) bond motifs is 1. The number of amides is 1. The molecule has 2 aliphatic heterocycles. The Hall–Kier alpha value is -3.32. The van der Waals surface area contributed by atoms with Gasteiger partial charge in [-0.2, -0.15) is 0 Å². The maximum absolute atomic E-state index is 13.7. The minimum Gasteiger partial charge on any atom is -0.315 e. The van der Waals surface area contributed by atoms with Gasteiger partial charge in [-0.05, 0) is 101 Å². The SMILES string of the molecule is Cc1ccc(-n2nc(C(=O)C3CCCN(C)CC3)nc2-c2ccc3c(c2)C(C2CCCC2)[C@H](C)C(=O)N3C)cc1. The van der Waals surface area contributed by atoms with Crippen LogP contribution in [0.4, 0.5) is 5.69 Å². The van der Waals surface area contributed by atoms with Crippen molar-refractivity contribution in [2.45, 2.75) is 64.7 Å². The highest BCUT2D eigenvalue weighted by Gasteiger charge is 2.41. The lowest BCUT2D eigenvalue weighted by Gasteiger charge is -2.39. The molecule has 6 rings (SSSR count). The highest BCUT2D eigenvalue weighted by Crippen LogP contribution is 2.49. The Morgan fingerprint density at radius 1 is 0.925 bits per heavy atom. The van der Waals surface area contributed by atoms with Crippen LogP contribution >= 0.6 is 0 Å². The number of hydrogen-bond donors (Lipinski definition) is 0. The first-order chi connectivity index (χ1) is 19.3. The van der Waals surface area contributed by atoms with E-state index in [0.717, 1.165) is 49.3 Å². The van der Waals surface area contributed by atoms with Crippen molar-refractivity contribution in [2.75, 3.05) is 32.1 Å². The van der Waals surface area contributed by atoms with E-state index >= 15 is 0 Å². The summed E-state index contributed by atoms with van der Waals surface area (Å²) in [5.41, 5.74) is 5.20. The molecule has 210 valence electrons. The highest BCUT2D eigenvalue weighted by molar-refractivity contribution is 5.99. The Morgan fingerprint density at radius 3 is 2.42 bits per heavy atom. The number of nitrogens with zero attached hydrogens (tertiary/aromatic N) is 5. The number of aryl methyl sites for hydroxylation is 1. The summed E-state index contributed by atoms with van der Waals surface area (Å²) in [5.74, 6) is 1.82. The minimum absolute atomic E-state index is 0.0446. The molecule has 1 aliphatic carbocycles. The van der Waals surface area contributed by atoms with E-state index in [1.165, 1.54) is 36.8 Å². The van der Waals surface area contributed by atoms with Gasteiger partial charge in [-0.25, -0.2) is 9.67 Å². The van der Waals surface area contributed by atoms with Gasteiger partial charge in [-0.15, -0.1) is 5.10 Å². The number of ketones is 1. The molecule has 3 aromatic rings. The maximum atomic E-state index is 13.7. The largest absolute Gasteiger partial charge is 0.315 e. The number of carbonyl (C=O) groups is 2. The predicted molar refractivity (Wildman–Crippen MR) is 158 cm³/mol. The number of likely N-dealkylation sites (tertiary alicyclic amines) is 1. The van der Waals surface area contributed by atoms with Crippen LogP contribution in [0.25, 0.3) is 17.1 Å². The lowest BCUT2D eigenvalue weighted by molar-refractivity contribution is -0.123. The Labute approximate surface area is 237 Å². The fourth-order valence-corrected chi connectivity index (χ4v) is 7.25. The normalized spacial score (nSPS) is 24.2. The number of anilines is 1. The number of aromatic nitrogens is 3. The van der Waals surface area contributed by atoms with E-state index in [9.17, 15) is 9.59 Å². The first-order valence-electron chi connectivity index (χ1n) is 15.0. The average Bonchev–Trinajstić information content (AvgIpc) is 3.60. The molecular weight excluding hydrogens is 498 g/mol. The minimum atomic E-state index is -0.0590. The fourth-order valence-electron chi connectivity index (χ4n) is 7.25. The van der Waals surface area contributed by atoms with Gasteiger partial charge in [0.15, 0.2) is 5.82 Å². The fraction of sp³-hybridized carbons (Fsp3) is 0.515. The Bertz CT molecular complexity index is 1400. The van der Waals surface area contributed by atoms with Gasteiger partial charge in [0, 0.05) is 36.1 Å². The second kappa shape index (κ2) is 10.9.